The Morgan fingerprint density at radius 1 is 0.286 bits per heavy atom. The average Bonchev–Trinajstić information content (AvgIpc) is 3.84. The van der Waals surface area contributed by atoms with E-state index >= 15 is 0 Å². The summed E-state index contributed by atoms with van der Waals surface area (Å²) in [6.07, 6.45) is 53.6. The number of rotatable bonds is 8. The van der Waals surface area contributed by atoms with Crippen LogP contribution in [0.2, 0.25) is 11.1 Å². The molecule has 288 valence electrons. The summed E-state index contributed by atoms with van der Waals surface area (Å²) in [4.78, 5) is 0. The van der Waals surface area contributed by atoms with E-state index < -0.39 is 8.56 Å². The van der Waals surface area contributed by atoms with Crippen LogP contribution in [0.15, 0.2) is 0 Å². The highest BCUT2D eigenvalue weighted by Gasteiger charge is 2.51. The third kappa shape index (κ3) is 15.2. The Kier molecular flexibility index (Phi) is 22.2. The molecule has 0 saturated heterocycles. The van der Waals surface area contributed by atoms with E-state index in [-0.39, 0.29) is 0 Å². The molecule has 0 aromatic carbocycles. The summed E-state index contributed by atoms with van der Waals surface area (Å²) in [5, 5.41) is 0. The molecule has 2 nitrogen and oxygen atoms in total. The van der Waals surface area contributed by atoms with Crippen molar-refractivity contribution in [1.29, 1.82) is 0 Å². The van der Waals surface area contributed by atoms with Crippen LogP contribution in [0.4, 0.5) is 0 Å². The lowest BCUT2D eigenvalue weighted by molar-refractivity contribution is 0.154. The Hall–Kier alpha value is 0.137. The second-order valence-corrected chi connectivity index (χ2v) is 21.6. The first-order valence-corrected chi connectivity index (χ1v) is 25.5. The van der Waals surface area contributed by atoms with Crippen molar-refractivity contribution in [2.24, 2.45) is 23.7 Å². The lowest BCUT2D eigenvalue weighted by Gasteiger charge is -2.42. The van der Waals surface area contributed by atoms with Gasteiger partial charge in [-0.25, -0.2) is 0 Å². The molecule has 6 rings (SSSR count). The molecular formula is C46H88O2Si. The molecule has 6 aliphatic rings. The van der Waals surface area contributed by atoms with Crippen LogP contribution in [-0.2, 0) is 8.85 Å². The second kappa shape index (κ2) is 26.0. The van der Waals surface area contributed by atoms with Gasteiger partial charge in [0.2, 0.25) is 0 Å². The lowest BCUT2D eigenvalue weighted by Crippen LogP contribution is -2.51. The van der Waals surface area contributed by atoms with Gasteiger partial charge < -0.3 is 8.85 Å². The van der Waals surface area contributed by atoms with Crippen LogP contribution in [0.25, 0.3) is 0 Å². The van der Waals surface area contributed by atoms with E-state index in [1.165, 1.54) is 180 Å². The minimum atomic E-state index is -2.06. The quantitative estimate of drug-likeness (QED) is 0.185. The highest BCUT2D eigenvalue weighted by atomic mass is 28.4. The fourth-order valence-electron chi connectivity index (χ4n) is 11.8. The van der Waals surface area contributed by atoms with Crippen molar-refractivity contribution in [2.75, 3.05) is 13.2 Å². The Bertz CT molecular complexity index is 637. The fraction of sp³-hybridized carbons (Fsp3) is 1.00. The predicted octanol–water partition coefficient (Wildman–Crippen LogP) is 15.8. The third-order valence-electron chi connectivity index (χ3n) is 14.5. The molecule has 0 radical (unpaired) electrons. The topological polar surface area (TPSA) is 18.5 Å². The molecule has 3 heteroatoms. The SMILES string of the molecule is C1CCCC(C2CCCCCC2)CC1.C1CCCC(C2CCCCCC2)CC1.CCO[Si](OCC)(C1CCCCCC1)C1CCCCCC1. The van der Waals surface area contributed by atoms with Crippen molar-refractivity contribution >= 4 is 8.56 Å². The minimum absolute atomic E-state index is 0.753. The van der Waals surface area contributed by atoms with Crippen molar-refractivity contribution in [2.45, 2.75) is 256 Å². The first-order valence-electron chi connectivity index (χ1n) is 23.5. The summed E-state index contributed by atoms with van der Waals surface area (Å²) in [5.41, 5.74) is 1.51. The van der Waals surface area contributed by atoms with Gasteiger partial charge in [0.25, 0.3) is 0 Å². The first kappa shape index (κ1) is 41.9. The summed E-state index contributed by atoms with van der Waals surface area (Å²) < 4.78 is 13.2. The molecule has 0 bridgehead atoms. The van der Waals surface area contributed by atoms with Crippen LogP contribution >= 0.6 is 0 Å². The van der Waals surface area contributed by atoms with Crippen molar-refractivity contribution < 1.29 is 8.85 Å². The molecule has 49 heavy (non-hydrogen) atoms. The van der Waals surface area contributed by atoms with E-state index in [9.17, 15) is 0 Å². The van der Waals surface area contributed by atoms with E-state index in [1.807, 2.05) is 0 Å². The fourth-order valence-corrected chi connectivity index (χ4v) is 16.8. The average molecular weight is 701 g/mol. The van der Waals surface area contributed by atoms with Crippen LogP contribution in [-0.4, -0.2) is 21.8 Å². The predicted molar refractivity (Wildman–Crippen MR) is 217 cm³/mol. The van der Waals surface area contributed by atoms with E-state index in [0.29, 0.717) is 0 Å². The second-order valence-electron chi connectivity index (χ2n) is 18.0. The van der Waals surface area contributed by atoms with Gasteiger partial charge in [0.15, 0.2) is 0 Å². The molecule has 0 heterocycles. The highest BCUT2D eigenvalue weighted by molar-refractivity contribution is 6.70. The van der Waals surface area contributed by atoms with E-state index in [0.717, 1.165) is 48.0 Å². The van der Waals surface area contributed by atoms with E-state index in [4.69, 9.17) is 8.85 Å². The van der Waals surface area contributed by atoms with Gasteiger partial charge in [-0.3, -0.25) is 0 Å². The van der Waals surface area contributed by atoms with Gasteiger partial charge in [-0.05, 0) is 63.2 Å². The molecule has 6 fully saturated rings. The molecule has 0 spiro atoms. The number of hydrogen-bond acceptors (Lipinski definition) is 2. The highest BCUT2D eigenvalue weighted by Crippen LogP contribution is 2.48. The molecule has 6 aliphatic carbocycles. The van der Waals surface area contributed by atoms with Crippen LogP contribution in [0.1, 0.15) is 245 Å². The molecule has 0 N–H and O–H groups in total. The first-order chi connectivity index (χ1) is 24.3. The number of hydrogen-bond donors (Lipinski definition) is 0. The van der Waals surface area contributed by atoms with Gasteiger partial charge in [-0.2, -0.15) is 0 Å². The molecule has 0 unspecified atom stereocenters. The zero-order chi connectivity index (χ0) is 34.2. The Balaban J connectivity index is 0.000000171. The van der Waals surface area contributed by atoms with Crippen molar-refractivity contribution in [3.8, 4) is 0 Å². The van der Waals surface area contributed by atoms with E-state index in [2.05, 4.69) is 13.8 Å². The Morgan fingerprint density at radius 3 is 0.653 bits per heavy atom. The van der Waals surface area contributed by atoms with Gasteiger partial charge in [0, 0.05) is 24.3 Å². The van der Waals surface area contributed by atoms with Gasteiger partial charge in [0.05, 0.1) is 0 Å². The maximum Gasteiger partial charge on any atom is 0.344 e. The normalized spacial score (nSPS) is 26.3. The lowest BCUT2D eigenvalue weighted by atomic mass is 9.81. The Morgan fingerprint density at radius 2 is 0.469 bits per heavy atom. The van der Waals surface area contributed by atoms with Crippen LogP contribution in [0.3, 0.4) is 0 Å². The molecule has 0 aromatic rings. The molecular weight excluding hydrogens is 613 g/mol. The zero-order valence-corrected chi connectivity index (χ0v) is 34.7. The molecule has 0 atom stereocenters. The molecule has 0 amide bonds. The summed E-state index contributed by atoms with van der Waals surface area (Å²) in [6.45, 7) is 6.04. The maximum absolute atomic E-state index is 6.58. The largest absolute Gasteiger partial charge is 0.394 e. The monoisotopic (exact) mass is 701 g/mol. The minimum Gasteiger partial charge on any atom is -0.394 e. The van der Waals surface area contributed by atoms with E-state index in [1.54, 1.807) is 51.4 Å². The van der Waals surface area contributed by atoms with Crippen LogP contribution in [0.5, 0.6) is 0 Å². The standard InChI is InChI=1S/C18H36O2Si.2C14H26/c1-3-19-21(20-4-2,17-13-9-5-6-10-14-17)18-15-11-7-8-12-16-18;2*1-2-6-10-13(9-5-1)14-11-7-3-4-8-12-14/h17-18H,3-16H2,1-2H3;2*13-14H,1-12H2. The Labute approximate surface area is 309 Å². The summed E-state index contributed by atoms with van der Waals surface area (Å²) in [5.74, 6) is 4.48. The van der Waals surface area contributed by atoms with Crippen LogP contribution < -0.4 is 0 Å². The van der Waals surface area contributed by atoms with Crippen molar-refractivity contribution in [1.82, 2.24) is 0 Å². The summed E-state index contributed by atoms with van der Waals surface area (Å²) in [6, 6.07) is 0. The van der Waals surface area contributed by atoms with Crippen molar-refractivity contribution in [3.05, 3.63) is 0 Å². The smallest absolute Gasteiger partial charge is 0.344 e. The zero-order valence-electron chi connectivity index (χ0n) is 33.7. The van der Waals surface area contributed by atoms with Gasteiger partial charge in [0.1, 0.15) is 0 Å². The molecule has 0 aromatic heterocycles. The summed E-state index contributed by atoms with van der Waals surface area (Å²) in [7, 11) is -2.06. The molecule has 6 saturated carbocycles. The van der Waals surface area contributed by atoms with Gasteiger partial charge >= 0.3 is 8.56 Å². The third-order valence-corrected chi connectivity index (χ3v) is 19.4. The van der Waals surface area contributed by atoms with Crippen LogP contribution in [0, 0.1) is 23.7 Å². The van der Waals surface area contributed by atoms with Crippen molar-refractivity contribution in [3.63, 3.8) is 0 Å². The van der Waals surface area contributed by atoms with Gasteiger partial charge in [-0.15, -0.1) is 0 Å². The molecule has 0 aliphatic heterocycles. The summed E-state index contributed by atoms with van der Waals surface area (Å²) >= 11 is 0. The maximum atomic E-state index is 6.58. The van der Waals surface area contributed by atoms with Gasteiger partial charge in [-0.1, -0.05) is 205 Å².